The third kappa shape index (κ3) is 1.95. The van der Waals surface area contributed by atoms with Gasteiger partial charge in [0.1, 0.15) is 0 Å². The molecule has 0 fully saturated rings. The Balaban J connectivity index is 2.98. The van der Waals surface area contributed by atoms with E-state index in [1.807, 2.05) is 0 Å². The average Bonchev–Trinajstić information content (AvgIpc) is 2.20. The summed E-state index contributed by atoms with van der Waals surface area (Å²) in [5, 5.41) is 22.6. The van der Waals surface area contributed by atoms with Crippen LogP contribution in [0.3, 0.4) is 0 Å². The molecule has 0 atom stereocenters. The van der Waals surface area contributed by atoms with E-state index in [0.29, 0.717) is 5.69 Å². The van der Waals surface area contributed by atoms with Gasteiger partial charge < -0.3 is 5.11 Å². The maximum Gasteiger partial charge on any atom is 0.335 e. The lowest BCUT2D eigenvalue weighted by Gasteiger charge is -2.11. The van der Waals surface area contributed by atoms with Gasteiger partial charge in [0.15, 0.2) is 0 Å². The Morgan fingerprint density at radius 2 is 1.71 bits per heavy atom. The zero-order valence-corrected chi connectivity index (χ0v) is 7.27. The monoisotopic (exact) mass is 191 g/mol. The lowest BCUT2D eigenvalue weighted by molar-refractivity contribution is 0.0697. The summed E-state index contributed by atoms with van der Waals surface area (Å²) in [5.41, 5.74) is 0.767. The smallest absolute Gasteiger partial charge is 0.335 e. The number of carboxylic acid groups (broad SMARTS) is 1. The van der Waals surface area contributed by atoms with E-state index in [0.717, 1.165) is 12.7 Å². The van der Waals surface area contributed by atoms with Gasteiger partial charge >= 0.3 is 5.97 Å². The molecule has 0 unspecified atom stereocenters. The van der Waals surface area contributed by atoms with Gasteiger partial charge in [0.2, 0.25) is 0 Å². The molecule has 14 heavy (non-hydrogen) atoms. The van der Waals surface area contributed by atoms with Crippen LogP contribution in [0.25, 0.3) is 0 Å². The van der Waals surface area contributed by atoms with Crippen molar-refractivity contribution in [1.29, 1.82) is 10.8 Å². The molecule has 1 aromatic carbocycles. The Kier molecular flexibility index (Phi) is 2.96. The second-order valence-corrected chi connectivity index (χ2v) is 2.52. The number of anilines is 1. The minimum absolute atomic E-state index is 0.184. The Morgan fingerprint density at radius 3 is 2.07 bits per heavy atom. The Labute approximate surface area is 80.6 Å². The van der Waals surface area contributed by atoms with Gasteiger partial charge in [0, 0.05) is 5.69 Å². The SMILES string of the molecule is N=CN(C=N)c1ccc(C(=O)O)cc1. The highest BCUT2D eigenvalue weighted by atomic mass is 16.4. The molecule has 0 aromatic heterocycles. The van der Waals surface area contributed by atoms with Crippen LogP contribution in [0.5, 0.6) is 0 Å². The van der Waals surface area contributed by atoms with Gasteiger partial charge in [-0.25, -0.2) is 4.79 Å². The molecule has 0 aliphatic heterocycles. The number of carbonyl (C=O) groups is 1. The normalized spacial score (nSPS) is 9.14. The Hall–Kier alpha value is -2.17. The molecule has 5 heteroatoms. The first-order chi connectivity index (χ1) is 6.69. The highest BCUT2D eigenvalue weighted by molar-refractivity contribution is 5.98. The molecule has 0 aliphatic carbocycles. The molecule has 0 amide bonds. The van der Waals surface area contributed by atoms with Crippen LogP contribution in [0.15, 0.2) is 24.3 Å². The fourth-order valence-corrected chi connectivity index (χ4v) is 0.962. The van der Waals surface area contributed by atoms with Gasteiger partial charge in [-0.05, 0) is 24.3 Å². The Bertz CT molecular complexity index is 351. The lowest BCUT2D eigenvalue weighted by atomic mass is 10.2. The quantitative estimate of drug-likeness (QED) is 0.496. The van der Waals surface area contributed by atoms with E-state index < -0.39 is 5.97 Å². The first-order valence-electron chi connectivity index (χ1n) is 3.82. The molecule has 0 radical (unpaired) electrons. The molecule has 1 rings (SSSR count). The minimum Gasteiger partial charge on any atom is -0.478 e. The van der Waals surface area contributed by atoms with Crippen molar-refractivity contribution in [2.45, 2.75) is 0 Å². The highest BCUT2D eigenvalue weighted by Gasteiger charge is 2.03. The molecule has 0 saturated heterocycles. The molecule has 72 valence electrons. The van der Waals surface area contributed by atoms with Crippen LogP contribution < -0.4 is 4.90 Å². The van der Waals surface area contributed by atoms with Crippen LogP contribution in [0, 0.1) is 10.8 Å². The van der Waals surface area contributed by atoms with Crippen LogP contribution >= 0.6 is 0 Å². The van der Waals surface area contributed by atoms with Crippen molar-refractivity contribution in [2.24, 2.45) is 0 Å². The number of benzene rings is 1. The van der Waals surface area contributed by atoms with Crippen molar-refractivity contribution in [3.63, 3.8) is 0 Å². The summed E-state index contributed by atoms with van der Waals surface area (Å²) in [6, 6.07) is 5.94. The lowest BCUT2D eigenvalue weighted by Crippen LogP contribution is -2.17. The third-order valence-electron chi connectivity index (χ3n) is 1.69. The number of rotatable bonds is 4. The fraction of sp³-hybridized carbons (Fsp3) is 0. The first-order valence-corrected chi connectivity index (χ1v) is 3.82. The van der Waals surface area contributed by atoms with Crippen molar-refractivity contribution in [1.82, 2.24) is 0 Å². The molecule has 0 heterocycles. The summed E-state index contributed by atoms with van der Waals surface area (Å²) in [6.07, 6.45) is 1.95. The molecule has 3 N–H and O–H groups in total. The zero-order valence-electron chi connectivity index (χ0n) is 7.27. The maximum atomic E-state index is 10.5. The van der Waals surface area contributed by atoms with Crippen LogP contribution in [0.4, 0.5) is 5.69 Å². The summed E-state index contributed by atoms with van der Waals surface area (Å²) in [6.45, 7) is 0. The summed E-state index contributed by atoms with van der Waals surface area (Å²) in [5.74, 6) is -0.993. The van der Waals surface area contributed by atoms with Crippen molar-refractivity contribution >= 4 is 24.3 Å². The van der Waals surface area contributed by atoms with E-state index in [-0.39, 0.29) is 5.56 Å². The van der Waals surface area contributed by atoms with Gasteiger partial charge in [-0.2, -0.15) is 0 Å². The van der Waals surface area contributed by atoms with Crippen LogP contribution in [0.2, 0.25) is 0 Å². The molecule has 5 nitrogen and oxygen atoms in total. The number of hydrogen-bond acceptors (Lipinski definition) is 3. The predicted molar refractivity (Wildman–Crippen MR) is 53.4 cm³/mol. The van der Waals surface area contributed by atoms with E-state index in [4.69, 9.17) is 15.9 Å². The predicted octanol–water partition coefficient (Wildman–Crippen LogP) is 1.41. The Morgan fingerprint density at radius 1 is 1.21 bits per heavy atom. The van der Waals surface area contributed by atoms with E-state index in [9.17, 15) is 4.79 Å². The second-order valence-electron chi connectivity index (χ2n) is 2.52. The van der Waals surface area contributed by atoms with Crippen LogP contribution in [-0.2, 0) is 0 Å². The first kappa shape index (κ1) is 9.91. The minimum atomic E-state index is -0.993. The summed E-state index contributed by atoms with van der Waals surface area (Å²) >= 11 is 0. The van der Waals surface area contributed by atoms with Crippen LogP contribution in [0.1, 0.15) is 10.4 Å². The van der Waals surface area contributed by atoms with Crippen molar-refractivity contribution in [3.8, 4) is 0 Å². The molecule has 1 aromatic rings. The molecule has 0 saturated carbocycles. The number of carboxylic acids is 1. The third-order valence-corrected chi connectivity index (χ3v) is 1.69. The van der Waals surface area contributed by atoms with Crippen molar-refractivity contribution in [2.75, 3.05) is 4.90 Å². The summed E-state index contributed by atoms with van der Waals surface area (Å²) in [7, 11) is 0. The zero-order chi connectivity index (χ0) is 10.6. The number of nitrogens with one attached hydrogen (secondary N) is 2. The number of hydrogen-bond donors (Lipinski definition) is 3. The van der Waals surface area contributed by atoms with Gasteiger partial charge in [-0.1, -0.05) is 0 Å². The second kappa shape index (κ2) is 4.18. The molecular formula is C9H9N3O2. The molecule has 0 bridgehead atoms. The molecular weight excluding hydrogens is 182 g/mol. The van der Waals surface area contributed by atoms with Gasteiger partial charge in [0.25, 0.3) is 0 Å². The number of aromatic carboxylic acids is 1. The topological polar surface area (TPSA) is 88.2 Å². The fourth-order valence-electron chi connectivity index (χ4n) is 0.962. The standard InChI is InChI=1S/C9H9N3O2/c10-5-12(6-11)8-3-1-7(2-4-8)9(13)14/h1-6,10-11H,(H,13,14). The van der Waals surface area contributed by atoms with E-state index in [1.165, 1.54) is 17.0 Å². The largest absolute Gasteiger partial charge is 0.478 e. The van der Waals surface area contributed by atoms with Crippen molar-refractivity contribution in [3.05, 3.63) is 29.8 Å². The highest BCUT2D eigenvalue weighted by Crippen LogP contribution is 2.12. The maximum absolute atomic E-state index is 10.5. The van der Waals surface area contributed by atoms with E-state index in [1.54, 1.807) is 12.1 Å². The van der Waals surface area contributed by atoms with Gasteiger partial charge in [-0.15, -0.1) is 0 Å². The molecule has 0 aliphatic rings. The summed E-state index contributed by atoms with van der Waals surface area (Å²) < 4.78 is 0. The average molecular weight is 191 g/mol. The van der Waals surface area contributed by atoms with E-state index in [2.05, 4.69) is 0 Å². The summed E-state index contributed by atoms with van der Waals surface area (Å²) in [4.78, 5) is 11.8. The van der Waals surface area contributed by atoms with Gasteiger partial charge in [-0.3, -0.25) is 15.7 Å². The molecule has 0 spiro atoms. The van der Waals surface area contributed by atoms with Gasteiger partial charge in [0.05, 0.1) is 18.2 Å². The number of nitrogens with zero attached hydrogens (tertiary/aromatic N) is 1. The van der Waals surface area contributed by atoms with E-state index >= 15 is 0 Å². The van der Waals surface area contributed by atoms with Crippen LogP contribution in [-0.4, -0.2) is 23.8 Å². The van der Waals surface area contributed by atoms with Crippen molar-refractivity contribution < 1.29 is 9.90 Å².